The summed E-state index contributed by atoms with van der Waals surface area (Å²) in [5.74, 6) is -0.457. The number of hydrogen-bond acceptors (Lipinski definition) is 6. The third-order valence-electron chi connectivity index (χ3n) is 3.92. The molecule has 3 aromatic rings. The lowest BCUT2D eigenvalue weighted by molar-refractivity contribution is -0.155. The molecule has 0 spiro atoms. The van der Waals surface area contributed by atoms with Crippen molar-refractivity contribution < 1.29 is 19.1 Å². The van der Waals surface area contributed by atoms with E-state index in [2.05, 4.69) is 10.3 Å². The van der Waals surface area contributed by atoms with E-state index in [9.17, 15) is 9.59 Å². The predicted molar refractivity (Wildman–Crippen MR) is 108 cm³/mol. The van der Waals surface area contributed by atoms with Crippen molar-refractivity contribution in [3.63, 3.8) is 0 Å². The van der Waals surface area contributed by atoms with E-state index >= 15 is 0 Å². The topological polar surface area (TPSA) is 77.5 Å². The number of ether oxygens (including phenoxy) is 2. The molecule has 0 aliphatic rings. The van der Waals surface area contributed by atoms with Gasteiger partial charge in [0.1, 0.15) is 5.75 Å². The van der Waals surface area contributed by atoms with Crippen molar-refractivity contribution in [3.8, 4) is 17.0 Å². The summed E-state index contributed by atoms with van der Waals surface area (Å²) in [4.78, 5) is 28.6. The van der Waals surface area contributed by atoms with Crippen LogP contribution in [0.4, 0.5) is 5.13 Å². The van der Waals surface area contributed by atoms with Gasteiger partial charge in [0, 0.05) is 10.9 Å². The van der Waals surface area contributed by atoms with Crippen molar-refractivity contribution in [1.82, 2.24) is 4.98 Å². The Morgan fingerprint density at radius 2 is 1.82 bits per heavy atom. The quantitative estimate of drug-likeness (QED) is 0.609. The van der Waals surface area contributed by atoms with Gasteiger partial charge in [-0.3, -0.25) is 10.1 Å². The zero-order valence-electron chi connectivity index (χ0n) is 15.5. The number of rotatable bonds is 7. The number of hydrogen-bond donors (Lipinski definition) is 1. The lowest BCUT2D eigenvalue weighted by Gasteiger charge is -2.13. The van der Waals surface area contributed by atoms with E-state index in [0.717, 1.165) is 16.8 Å². The molecule has 144 valence electrons. The van der Waals surface area contributed by atoms with Gasteiger partial charge in [-0.15, -0.1) is 11.3 Å². The zero-order valence-corrected chi connectivity index (χ0v) is 16.4. The van der Waals surface area contributed by atoms with Gasteiger partial charge in [0.05, 0.1) is 5.69 Å². The van der Waals surface area contributed by atoms with Crippen molar-refractivity contribution >= 4 is 28.3 Å². The number of aryl methyl sites for hydroxylation is 1. The van der Waals surface area contributed by atoms with E-state index in [1.165, 1.54) is 18.3 Å². The maximum atomic E-state index is 12.3. The highest BCUT2D eigenvalue weighted by atomic mass is 32.1. The fourth-order valence-electron chi connectivity index (χ4n) is 2.42. The summed E-state index contributed by atoms with van der Waals surface area (Å²) < 4.78 is 10.6. The normalized spacial score (nSPS) is 11.5. The van der Waals surface area contributed by atoms with E-state index in [1.807, 2.05) is 60.8 Å². The number of aromatic nitrogens is 1. The van der Waals surface area contributed by atoms with Crippen LogP contribution >= 0.6 is 11.3 Å². The fourth-order valence-corrected chi connectivity index (χ4v) is 3.14. The average molecular weight is 396 g/mol. The lowest BCUT2D eigenvalue weighted by atomic mass is 10.2. The summed E-state index contributed by atoms with van der Waals surface area (Å²) >= 11 is 1.31. The minimum atomic E-state index is -0.961. The number of benzene rings is 2. The highest BCUT2D eigenvalue weighted by molar-refractivity contribution is 7.14. The van der Waals surface area contributed by atoms with Crippen LogP contribution in [0.15, 0.2) is 60.0 Å². The molecule has 0 saturated heterocycles. The maximum Gasteiger partial charge on any atom is 0.344 e. The second-order valence-electron chi connectivity index (χ2n) is 6.08. The number of amides is 1. The minimum Gasteiger partial charge on any atom is -0.482 e. The Kier molecular flexibility index (Phi) is 6.39. The molecule has 0 unspecified atom stereocenters. The van der Waals surface area contributed by atoms with Crippen LogP contribution in [0.3, 0.4) is 0 Å². The maximum absolute atomic E-state index is 12.3. The lowest BCUT2D eigenvalue weighted by Crippen LogP contribution is -2.31. The third kappa shape index (κ3) is 5.17. The van der Waals surface area contributed by atoms with Gasteiger partial charge < -0.3 is 9.47 Å². The number of para-hydroxylation sites is 1. The van der Waals surface area contributed by atoms with Crippen LogP contribution in [-0.2, 0) is 14.3 Å². The summed E-state index contributed by atoms with van der Waals surface area (Å²) in [7, 11) is 0. The molecule has 1 N–H and O–H groups in total. The highest BCUT2D eigenvalue weighted by Gasteiger charge is 2.19. The van der Waals surface area contributed by atoms with Crippen molar-refractivity contribution in [2.24, 2.45) is 0 Å². The number of thiazole rings is 1. The molecule has 1 atom stereocenters. The Labute approximate surface area is 167 Å². The highest BCUT2D eigenvalue weighted by Crippen LogP contribution is 2.24. The molecule has 0 bridgehead atoms. The number of carbonyl (C=O) groups is 2. The number of anilines is 1. The van der Waals surface area contributed by atoms with Crippen LogP contribution in [0.2, 0.25) is 0 Å². The van der Waals surface area contributed by atoms with Crippen molar-refractivity contribution in [1.29, 1.82) is 0 Å². The molecule has 0 fully saturated rings. The molecule has 1 amide bonds. The first-order valence-corrected chi connectivity index (χ1v) is 9.60. The van der Waals surface area contributed by atoms with Crippen LogP contribution in [0.1, 0.15) is 12.5 Å². The van der Waals surface area contributed by atoms with Crippen LogP contribution < -0.4 is 10.1 Å². The van der Waals surface area contributed by atoms with E-state index in [1.54, 1.807) is 6.07 Å². The molecular formula is C21H20N2O4S. The van der Waals surface area contributed by atoms with Gasteiger partial charge in [0.15, 0.2) is 17.8 Å². The van der Waals surface area contributed by atoms with Crippen LogP contribution in [0, 0.1) is 6.92 Å². The second kappa shape index (κ2) is 9.14. The van der Waals surface area contributed by atoms with E-state index in [0.29, 0.717) is 10.9 Å². The smallest absolute Gasteiger partial charge is 0.344 e. The number of nitrogens with one attached hydrogen (secondary N) is 1. The molecule has 1 heterocycles. The first-order chi connectivity index (χ1) is 13.5. The number of nitrogens with zero attached hydrogens (tertiary/aromatic N) is 1. The Balaban J connectivity index is 1.50. The summed E-state index contributed by atoms with van der Waals surface area (Å²) in [6.45, 7) is 3.12. The molecule has 6 nitrogen and oxygen atoms in total. The molecule has 0 aliphatic carbocycles. The van der Waals surface area contributed by atoms with Gasteiger partial charge in [-0.2, -0.15) is 0 Å². The standard InChI is InChI=1S/C21H20N2O4S/c1-14-8-6-7-11-18(14)26-12-19(24)27-15(2)20(25)23-21-22-17(13-28-21)16-9-4-3-5-10-16/h3-11,13,15H,12H2,1-2H3,(H,22,23,25)/t15-/m1/s1. The molecule has 3 rings (SSSR count). The molecule has 2 aromatic carbocycles. The largest absolute Gasteiger partial charge is 0.482 e. The molecule has 0 radical (unpaired) electrons. The molecule has 7 heteroatoms. The van der Waals surface area contributed by atoms with Crippen LogP contribution in [0.5, 0.6) is 5.75 Å². The van der Waals surface area contributed by atoms with Crippen molar-refractivity contribution in [2.45, 2.75) is 20.0 Å². The number of carbonyl (C=O) groups excluding carboxylic acids is 2. The predicted octanol–water partition coefficient (Wildman–Crippen LogP) is 4.07. The monoisotopic (exact) mass is 396 g/mol. The van der Waals surface area contributed by atoms with Crippen molar-refractivity contribution in [2.75, 3.05) is 11.9 Å². The van der Waals surface area contributed by atoms with Crippen molar-refractivity contribution in [3.05, 3.63) is 65.5 Å². The minimum absolute atomic E-state index is 0.266. The Hall–Kier alpha value is -3.19. The zero-order chi connectivity index (χ0) is 19.9. The fraction of sp³-hybridized carbons (Fsp3) is 0.190. The van der Waals surface area contributed by atoms with Crippen LogP contribution in [0.25, 0.3) is 11.3 Å². The second-order valence-corrected chi connectivity index (χ2v) is 6.94. The molecular weight excluding hydrogens is 376 g/mol. The first-order valence-electron chi connectivity index (χ1n) is 8.72. The van der Waals surface area contributed by atoms with Crippen LogP contribution in [-0.4, -0.2) is 29.6 Å². The Morgan fingerprint density at radius 3 is 2.57 bits per heavy atom. The van der Waals surface area contributed by atoms with Gasteiger partial charge >= 0.3 is 5.97 Å². The molecule has 0 saturated carbocycles. The summed E-state index contributed by atoms with van der Waals surface area (Å²) in [5.41, 5.74) is 2.66. The van der Waals surface area contributed by atoms with Gasteiger partial charge in [-0.05, 0) is 25.5 Å². The van der Waals surface area contributed by atoms with E-state index < -0.39 is 18.0 Å². The SMILES string of the molecule is Cc1ccccc1OCC(=O)O[C@H](C)C(=O)Nc1nc(-c2ccccc2)cs1. The number of esters is 1. The van der Waals surface area contributed by atoms with E-state index in [-0.39, 0.29) is 6.61 Å². The van der Waals surface area contributed by atoms with Gasteiger partial charge in [0.25, 0.3) is 5.91 Å². The Morgan fingerprint density at radius 1 is 1.11 bits per heavy atom. The molecule has 0 aliphatic heterocycles. The summed E-state index contributed by atoms with van der Waals surface area (Å²) in [6.07, 6.45) is -0.961. The third-order valence-corrected chi connectivity index (χ3v) is 4.68. The van der Waals surface area contributed by atoms with Gasteiger partial charge in [-0.1, -0.05) is 48.5 Å². The Bertz CT molecular complexity index is 956. The van der Waals surface area contributed by atoms with Gasteiger partial charge in [-0.25, -0.2) is 9.78 Å². The molecule has 28 heavy (non-hydrogen) atoms. The molecule has 1 aromatic heterocycles. The van der Waals surface area contributed by atoms with E-state index in [4.69, 9.17) is 9.47 Å². The van der Waals surface area contributed by atoms with Gasteiger partial charge in [0.2, 0.25) is 0 Å². The summed E-state index contributed by atoms with van der Waals surface area (Å²) in [6, 6.07) is 17.0. The first kappa shape index (κ1) is 19.6. The summed E-state index contributed by atoms with van der Waals surface area (Å²) in [5, 5.41) is 4.98. The average Bonchev–Trinajstić information content (AvgIpc) is 3.16.